The van der Waals surface area contributed by atoms with Gasteiger partial charge in [-0.1, -0.05) is 48.0 Å². The van der Waals surface area contributed by atoms with Crippen LogP contribution in [0, 0.1) is 5.82 Å². The molecule has 0 spiro atoms. The number of aliphatic carboxylic acids is 1. The summed E-state index contributed by atoms with van der Waals surface area (Å²) in [5, 5.41) is 9.58. The summed E-state index contributed by atoms with van der Waals surface area (Å²) in [6.45, 7) is 0. The third-order valence-corrected chi connectivity index (χ3v) is 3.17. The number of carboxylic acids is 1. The minimum Gasteiger partial charge on any atom is -0.481 e. The highest BCUT2D eigenvalue weighted by molar-refractivity contribution is 6.30. The van der Waals surface area contributed by atoms with Crippen LogP contribution in [0.1, 0.15) is 17.0 Å². The predicted octanol–water partition coefficient (Wildman–Crippen LogP) is 3.89. The van der Waals surface area contributed by atoms with E-state index in [-0.39, 0.29) is 6.42 Å². The number of hydrogen-bond acceptors (Lipinski definition) is 1. The highest BCUT2D eigenvalue weighted by atomic mass is 35.5. The molecule has 0 bridgehead atoms. The van der Waals surface area contributed by atoms with Gasteiger partial charge in [-0.15, -0.1) is 0 Å². The summed E-state index contributed by atoms with van der Waals surface area (Å²) in [4.78, 5) is 11.3. The Labute approximate surface area is 115 Å². The van der Waals surface area contributed by atoms with Crippen LogP contribution in [0.3, 0.4) is 0 Å². The lowest BCUT2D eigenvalue weighted by molar-refractivity contribution is -0.138. The fraction of sp³-hybridized carbons (Fsp3) is 0.133. The number of carboxylic acid groups (broad SMARTS) is 1. The van der Waals surface area contributed by atoms with Gasteiger partial charge in [-0.2, -0.15) is 0 Å². The van der Waals surface area contributed by atoms with Crippen molar-refractivity contribution >= 4 is 17.6 Å². The highest BCUT2D eigenvalue weighted by Gasteiger charge is 2.21. The molecule has 2 aromatic carbocycles. The van der Waals surface area contributed by atoms with Gasteiger partial charge in [-0.25, -0.2) is 4.39 Å². The number of halogens is 2. The SMILES string of the molecule is O=C(O)C(Cc1ccc(Cl)cc1F)c1ccccc1. The first-order chi connectivity index (χ1) is 9.08. The zero-order valence-electron chi connectivity index (χ0n) is 10.0. The molecule has 2 aromatic rings. The molecule has 2 rings (SSSR count). The fourth-order valence-corrected chi connectivity index (χ4v) is 2.10. The highest BCUT2D eigenvalue weighted by Crippen LogP contribution is 2.24. The standard InChI is InChI=1S/C15H12ClFO2/c16-12-7-6-11(14(17)9-12)8-13(15(18)19)10-4-2-1-3-5-10/h1-7,9,13H,8H2,(H,18,19). The Morgan fingerprint density at radius 1 is 1.21 bits per heavy atom. The molecule has 0 saturated carbocycles. The van der Waals surface area contributed by atoms with Crippen LogP contribution in [0.4, 0.5) is 4.39 Å². The zero-order chi connectivity index (χ0) is 13.8. The molecular weight excluding hydrogens is 267 g/mol. The van der Waals surface area contributed by atoms with Gasteiger partial charge < -0.3 is 5.11 Å². The minimum absolute atomic E-state index is 0.0996. The minimum atomic E-state index is -0.972. The molecule has 0 aliphatic heterocycles. The Morgan fingerprint density at radius 2 is 1.89 bits per heavy atom. The number of carbonyl (C=O) groups is 1. The Kier molecular flexibility index (Phi) is 4.17. The van der Waals surface area contributed by atoms with Crippen LogP contribution in [0.2, 0.25) is 5.02 Å². The van der Waals surface area contributed by atoms with E-state index in [9.17, 15) is 14.3 Å². The van der Waals surface area contributed by atoms with Crippen molar-refractivity contribution in [2.75, 3.05) is 0 Å². The van der Waals surface area contributed by atoms with Gasteiger partial charge in [0.25, 0.3) is 0 Å². The van der Waals surface area contributed by atoms with E-state index in [1.54, 1.807) is 30.3 Å². The van der Waals surface area contributed by atoms with Crippen LogP contribution in [0.5, 0.6) is 0 Å². The number of benzene rings is 2. The molecule has 2 nitrogen and oxygen atoms in total. The molecule has 0 fully saturated rings. The van der Waals surface area contributed by atoms with Gasteiger partial charge in [0.2, 0.25) is 0 Å². The van der Waals surface area contributed by atoms with Gasteiger partial charge in [-0.05, 0) is 29.7 Å². The molecule has 0 radical (unpaired) electrons. The van der Waals surface area contributed by atoms with Crippen LogP contribution >= 0.6 is 11.6 Å². The van der Waals surface area contributed by atoms with Gasteiger partial charge in [-0.3, -0.25) is 4.79 Å². The van der Waals surface area contributed by atoms with E-state index in [4.69, 9.17) is 11.6 Å². The average Bonchev–Trinajstić information content (AvgIpc) is 2.38. The van der Waals surface area contributed by atoms with Crippen molar-refractivity contribution in [2.24, 2.45) is 0 Å². The second kappa shape index (κ2) is 5.85. The largest absolute Gasteiger partial charge is 0.481 e. The number of hydrogen-bond donors (Lipinski definition) is 1. The fourth-order valence-electron chi connectivity index (χ4n) is 1.94. The molecule has 1 N–H and O–H groups in total. The summed E-state index contributed by atoms with van der Waals surface area (Å²) in [5.74, 6) is -2.22. The van der Waals surface area contributed by atoms with Crippen LogP contribution in [0.25, 0.3) is 0 Å². The summed E-state index contributed by atoms with van der Waals surface area (Å²) in [5.41, 5.74) is 1.00. The quantitative estimate of drug-likeness (QED) is 0.921. The maximum Gasteiger partial charge on any atom is 0.311 e. The van der Waals surface area contributed by atoms with Crippen molar-refractivity contribution in [3.63, 3.8) is 0 Å². The lowest BCUT2D eigenvalue weighted by Gasteiger charge is -2.13. The normalized spacial score (nSPS) is 12.1. The van der Waals surface area contributed by atoms with Crippen molar-refractivity contribution in [3.05, 3.63) is 70.5 Å². The molecule has 98 valence electrons. The first-order valence-corrected chi connectivity index (χ1v) is 6.17. The van der Waals surface area contributed by atoms with E-state index < -0.39 is 17.7 Å². The first-order valence-electron chi connectivity index (χ1n) is 5.79. The smallest absolute Gasteiger partial charge is 0.311 e. The van der Waals surface area contributed by atoms with Crippen LogP contribution < -0.4 is 0 Å². The molecule has 0 aromatic heterocycles. The van der Waals surface area contributed by atoms with Crippen LogP contribution in [-0.4, -0.2) is 11.1 Å². The summed E-state index contributed by atoms with van der Waals surface area (Å²) in [6.07, 6.45) is 0.0996. The van der Waals surface area contributed by atoms with E-state index >= 15 is 0 Å². The molecule has 19 heavy (non-hydrogen) atoms. The maximum absolute atomic E-state index is 13.7. The molecule has 4 heteroatoms. The molecule has 0 amide bonds. The van der Waals surface area contributed by atoms with E-state index in [1.165, 1.54) is 12.1 Å². The van der Waals surface area contributed by atoms with Crippen LogP contribution in [-0.2, 0) is 11.2 Å². The maximum atomic E-state index is 13.7. The summed E-state index contributed by atoms with van der Waals surface area (Å²) in [7, 11) is 0. The lowest BCUT2D eigenvalue weighted by Crippen LogP contribution is -2.15. The second-order valence-electron chi connectivity index (χ2n) is 4.24. The second-order valence-corrected chi connectivity index (χ2v) is 4.68. The van der Waals surface area contributed by atoms with Gasteiger partial charge in [0.1, 0.15) is 5.82 Å². The van der Waals surface area contributed by atoms with Gasteiger partial charge in [0.15, 0.2) is 0 Å². The third kappa shape index (κ3) is 3.32. The zero-order valence-corrected chi connectivity index (χ0v) is 10.8. The molecule has 1 unspecified atom stereocenters. The van der Waals surface area contributed by atoms with Crippen molar-refractivity contribution in [1.29, 1.82) is 0 Å². The predicted molar refractivity (Wildman–Crippen MR) is 71.9 cm³/mol. The Hall–Kier alpha value is -1.87. The van der Waals surface area contributed by atoms with Gasteiger partial charge >= 0.3 is 5.97 Å². The first kappa shape index (κ1) is 13.6. The summed E-state index contributed by atoms with van der Waals surface area (Å²) in [6, 6.07) is 13.1. The van der Waals surface area contributed by atoms with Crippen molar-refractivity contribution < 1.29 is 14.3 Å². The molecule has 0 saturated heterocycles. The Balaban J connectivity index is 2.29. The monoisotopic (exact) mass is 278 g/mol. The topological polar surface area (TPSA) is 37.3 Å². The third-order valence-electron chi connectivity index (χ3n) is 2.94. The van der Waals surface area contributed by atoms with Gasteiger partial charge in [0, 0.05) is 5.02 Å². The van der Waals surface area contributed by atoms with Gasteiger partial charge in [0.05, 0.1) is 5.92 Å². The average molecular weight is 279 g/mol. The summed E-state index contributed by atoms with van der Waals surface area (Å²) >= 11 is 5.68. The van der Waals surface area contributed by atoms with E-state index in [2.05, 4.69) is 0 Å². The molecule has 0 aliphatic carbocycles. The summed E-state index contributed by atoms with van der Waals surface area (Å²) < 4.78 is 13.7. The Bertz CT molecular complexity index is 584. The van der Waals surface area contributed by atoms with E-state index in [1.807, 2.05) is 6.07 Å². The lowest BCUT2D eigenvalue weighted by atomic mass is 9.92. The molecule has 0 aliphatic rings. The van der Waals surface area contributed by atoms with E-state index in [0.29, 0.717) is 16.1 Å². The Morgan fingerprint density at radius 3 is 2.47 bits per heavy atom. The van der Waals surface area contributed by atoms with Crippen LogP contribution in [0.15, 0.2) is 48.5 Å². The van der Waals surface area contributed by atoms with E-state index in [0.717, 1.165) is 0 Å². The van der Waals surface area contributed by atoms with Crippen molar-refractivity contribution in [3.8, 4) is 0 Å². The molecule has 1 atom stereocenters. The van der Waals surface area contributed by atoms with Crippen molar-refractivity contribution in [1.82, 2.24) is 0 Å². The molecular formula is C15H12ClFO2. The van der Waals surface area contributed by atoms with Crippen molar-refractivity contribution in [2.45, 2.75) is 12.3 Å². The molecule has 0 heterocycles. The number of rotatable bonds is 4.